The number of rotatable bonds is 5. The van der Waals surface area contributed by atoms with Crippen LogP contribution in [0.1, 0.15) is 44.5 Å². The van der Waals surface area contributed by atoms with Gasteiger partial charge in [0.15, 0.2) is 11.4 Å². The van der Waals surface area contributed by atoms with Gasteiger partial charge in [-0.1, -0.05) is 20.8 Å². The molecule has 0 saturated carbocycles. The first-order chi connectivity index (χ1) is 8.69. The van der Waals surface area contributed by atoms with Crippen molar-refractivity contribution in [3.63, 3.8) is 0 Å². The Morgan fingerprint density at radius 1 is 1.44 bits per heavy atom. The van der Waals surface area contributed by atoms with E-state index < -0.39 is 0 Å². The minimum absolute atomic E-state index is 0.363. The summed E-state index contributed by atoms with van der Waals surface area (Å²) >= 11 is 0. The summed E-state index contributed by atoms with van der Waals surface area (Å²) in [5.41, 5.74) is 8.85. The highest BCUT2D eigenvalue weighted by Crippen LogP contribution is 2.26. The van der Waals surface area contributed by atoms with Gasteiger partial charge in [-0.25, -0.2) is 4.98 Å². The largest absolute Gasteiger partial charge is 0.490 e. The average Bonchev–Trinajstić information content (AvgIpc) is 2.75. The highest BCUT2D eigenvalue weighted by molar-refractivity contribution is 5.56. The highest BCUT2D eigenvalue weighted by Gasteiger charge is 2.16. The van der Waals surface area contributed by atoms with E-state index in [-0.39, 0.29) is 0 Å². The van der Waals surface area contributed by atoms with Crippen molar-refractivity contribution < 1.29 is 4.74 Å². The number of nitrogens with two attached hydrogens (primary N) is 1. The Labute approximate surface area is 108 Å². The van der Waals surface area contributed by atoms with Gasteiger partial charge >= 0.3 is 0 Å². The smallest absolute Gasteiger partial charge is 0.180 e. The topological polar surface area (TPSA) is 52.5 Å². The molecular formula is C14H21N3O. The van der Waals surface area contributed by atoms with E-state index in [1.807, 2.05) is 22.7 Å². The Hall–Kier alpha value is -1.55. The Bertz CT molecular complexity index is 531. The van der Waals surface area contributed by atoms with E-state index in [1.165, 1.54) is 0 Å². The fourth-order valence-corrected chi connectivity index (χ4v) is 2.10. The molecule has 2 aromatic rings. The van der Waals surface area contributed by atoms with Crippen LogP contribution in [0.15, 0.2) is 18.3 Å². The molecule has 0 fully saturated rings. The second kappa shape index (κ2) is 5.40. The van der Waals surface area contributed by atoms with Gasteiger partial charge in [-0.05, 0) is 24.5 Å². The highest BCUT2D eigenvalue weighted by atomic mass is 16.5. The first-order valence-electron chi connectivity index (χ1n) is 6.51. The first kappa shape index (κ1) is 12.9. The third kappa shape index (κ3) is 2.20. The van der Waals surface area contributed by atoms with Gasteiger partial charge in [0, 0.05) is 12.7 Å². The molecule has 0 bridgehead atoms. The van der Waals surface area contributed by atoms with Crippen LogP contribution in [0.5, 0.6) is 5.75 Å². The molecule has 4 heteroatoms. The molecule has 0 aromatic carbocycles. The van der Waals surface area contributed by atoms with E-state index >= 15 is 0 Å². The molecular weight excluding hydrogens is 226 g/mol. The van der Waals surface area contributed by atoms with Crippen molar-refractivity contribution in [2.24, 2.45) is 5.73 Å². The van der Waals surface area contributed by atoms with Crippen molar-refractivity contribution in [1.82, 2.24) is 9.38 Å². The van der Waals surface area contributed by atoms with Gasteiger partial charge in [0.05, 0.1) is 18.0 Å². The third-order valence-corrected chi connectivity index (χ3v) is 2.95. The number of ether oxygens (including phenoxy) is 1. The molecule has 2 rings (SSSR count). The summed E-state index contributed by atoms with van der Waals surface area (Å²) in [4.78, 5) is 4.69. The molecule has 2 N–H and O–H groups in total. The number of nitrogens with zero attached hydrogens (tertiary/aromatic N) is 2. The number of aromatic nitrogens is 2. The Balaban J connectivity index is 2.56. The van der Waals surface area contributed by atoms with E-state index in [0.717, 1.165) is 29.2 Å². The van der Waals surface area contributed by atoms with Crippen LogP contribution in [-0.2, 0) is 6.54 Å². The Kier molecular flexibility index (Phi) is 3.87. The van der Waals surface area contributed by atoms with E-state index in [0.29, 0.717) is 19.1 Å². The summed E-state index contributed by atoms with van der Waals surface area (Å²) < 4.78 is 7.78. The van der Waals surface area contributed by atoms with E-state index in [2.05, 4.69) is 20.8 Å². The molecule has 98 valence electrons. The van der Waals surface area contributed by atoms with Crippen LogP contribution in [0.25, 0.3) is 5.65 Å². The molecule has 0 spiro atoms. The summed E-state index contributed by atoms with van der Waals surface area (Å²) in [5, 5.41) is 0. The number of pyridine rings is 1. The summed E-state index contributed by atoms with van der Waals surface area (Å²) in [6, 6.07) is 3.94. The van der Waals surface area contributed by atoms with Gasteiger partial charge in [-0.15, -0.1) is 0 Å². The fraction of sp³-hybridized carbons (Fsp3) is 0.500. The monoisotopic (exact) mass is 247 g/mol. The molecule has 0 aliphatic heterocycles. The molecule has 0 aliphatic rings. The normalized spacial score (nSPS) is 11.4. The number of imidazole rings is 1. The molecule has 0 aliphatic carbocycles. The quantitative estimate of drug-likeness (QED) is 0.883. The van der Waals surface area contributed by atoms with Gasteiger partial charge in [-0.3, -0.25) is 4.40 Å². The predicted molar refractivity (Wildman–Crippen MR) is 73.0 cm³/mol. The number of fused-ring (bicyclic) bond motifs is 1. The molecule has 4 nitrogen and oxygen atoms in total. The lowest BCUT2D eigenvalue weighted by Crippen LogP contribution is -2.05. The first-order valence-corrected chi connectivity index (χ1v) is 6.51. The maximum atomic E-state index is 5.85. The molecule has 0 amide bonds. The second-order valence-corrected chi connectivity index (χ2v) is 4.72. The molecule has 0 saturated heterocycles. The molecule has 0 radical (unpaired) electrons. The van der Waals surface area contributed by atoms with Crippen LogP contribution in [0.2, 0.25) is 0 Å². The molecule has 2 aromatic heterocycles. The maximum Gasteiger partial charge on any atom is 0.180 e. The zero-order valence-corrected chi connectivity index (χ0v) is 11.3. The van der Waals surface area contributed by atoms with E-state index in [4.69, 9.17) is 15.5 Å². The average molecular weight is 247 g/mol. The number of hydrogen-bond acceptors (Lipinski definition) is 3. The van der Waals surface area contributed by atoms with Crippen LogP contribution in [0.3, 0.4) is 0 Å². The summed E-state index contributed by atoms with van der Waals surface area (Å²) in [7, 11) is 0. The van der Waals surface area contributed by atoms with Crippen molar-refractivity contribution in [3.05, 3.63) is 29.7 Å². The predicted octanol–water partition coefficient (Wildman–Crippen LogP) is 2.71. The zero-order valence-electron chi connectivity index (χ0n) is 11.3. The third-order valence-electron chi connectivity index (χ3n) is 2.95. The van der Waals surface area contributed by atoms with Crippen molar-refractivity contribution in [2.45, 2.75) is 39.7 Å². The second-order valence-electron chi connectivity index (χ2n) is 4.72. The fourth-order valence-electron chi connectivity index (χ4n) is 2.10. The number of hydrogen-bond donors (Lipinski definition) is 1. The SMILES string of the molecule is CCCOc1cccn2c(CN)c(C(C)C)nc12. The van der Waals surface area contributed by atoms with Crippen molar-refractivity contribution in [3.8, 4) is 5.75 Å². The lowest BCUT2D eigenvalue weighted by molar-refractivity contribution is 0.319. The Morgan fingerprint density at radius 2 is 2.22 bits per heavy atom. The Morgan fingerprint density at radius 3 is 2.83 bits per heavy atom. The van der Waals surface area contributed by atoms with Gasteiger partial charge in [0.2, 0.25) is 0 Å². The van der Waals surface area contributed by atoms with Crippen LogP contribution >= 0.6 is 0 Å². The summed E-state index contributed by atoms with van der Waals surface area (Å²) in [6.07, 6.45) is 2.98. The lowest BCUT2D eigenvalue weighted by Gasteiger charge is -2.06. The van der Waals surface area contributed by atoms with Crippen LogP contribution in [0, 0.1) is 0 Å². The minimum atomic E-state index is 0.363. The standard InChI is InChI=1S/C14H21N3O/c1-4-8-18-12-6-5-7-17-11(9-15)13(10(2)3)16-14(12)17/h5-7,10H,4,8-9,15H2,1-3H3. The molecule has 2 heterocycles. The van der Waals surface area contributed by atoms with Crippen molar-refractivity contribution in [1.29, 1.82) is 0 Å². The summed E-state index contributed by atoms with van der Waals surface area (Å²) in [5.74, 6) is 1.20. The van der Waals surface area contributed by atoms with Crippen LogP contribution < -0.4 is 10.5 Å². The van der Waals surface area contributed by atoms with Crippen molar-refractivity contribution in [2.75, 3.05) is 6.61 Å². The lowest BCUT2D eigenvalue weighted by atomic mass is 10.1. The van der Waals surface area contributed by atoms with Gasteiger partial charge in [-0.2, -0.15) is 0 Å². The van der Waals surface area contributed by atoms with Gasteiger partial charge in [0.1, 0.15) is 0 Å². The van der Waals surface area contributed by atoms with Gasteiger partial charge < -0.3 is 10.5 Å². The summed E-state index contributed by atoms with van der Waals surface area (Å²) in [6.45, 7) is 7.56. The molecule has 18 heavy (non-hydrogen) atoms. The minimum Gasteiger partial charge on any atom is -0.490 e. The molecule has 0 unspecified atom stereocenters. The van der Waals surface area contributed by atoms with E-state index in [1.54, 1.807) is 0 Å². The van der Waals surface area contributed by atoms with E-state index in [9.17, 15) is 0 Å². The van der Waals surface area contributed by atoms with Gasteiger partial charge in [0.25, 0.3) is 0 Å². The van der Waals surface area contributed by atoms with Crippen LogP contribution in [-0.4, -0.2) is 16.0 Å². The zero-order chi connectivity index (χ0) is 13.1. The maximum absolute atomic E-state index is 5.85. The van der Waals surface area contributed by atoms with Crippen molar-refractivity contribution >= 4 is 5.65 Å². The van der Waals surface area contributed by atoms with Crippen LogP contribution in [0.4, 0.5) is 0 Å². The molecule has 0 atom stereocenters.